The zero-order valence-electron chi connectivity index (χ0n) is 12.4. The van der Waals surface area contributed by atoms with Gasteiger partial charge in [-0.3, -0.25) is 4.79 Å². The lowest BCUT2D eigenvalue weighted by Crippen LogP contribution is -2.16. The molecule has 1 unspecified atom stereocenters. The molecular weight excluding hydrogens is 292 g/mol. The highest BCUT2D eigenvalue weighted by Crippen LogP contribution is 2.39. The first-order chi connectivity index (χ1) is 10.0. The van der Waals surface area contributed by atoms with E-state index < -0.39 is 11.9 Å². The van der Waals surface area contributed by atoms with Gasteiger partial charge >= 0.3 is 5.97 Å². The number of rotatable bonds is 6. The second-order valence-electron chi connectivity index (χ2n) is 5.53. The van der Waals surface area contributed by atoms with E-state index in [4.69, 9.17) is 26.2 Å². The average molecular weight is 313 g/mol. The summed E-state index contributed by atoms with van der Waals surface area (Å²) in [4.78, 5) is 11.1. The molecule has 1 N–H and O–H groups in total. The van der Waals surface area contributed by atoms with E-state index in [9.17, 15) is 4.79 Å². The van der Waals surface area contributed by atoms with Gasteiger partial charge in [0.05, 0.1) is 19.1 Å². The number of methoxy groups -OCH3 is 1. The van der Waals surface area contributed by atoms with Gasteiger partial charge in [0, 0.05) is 10.6 Å². The van der Waals surface area contributed by atoms with Crippen LogP contribution in [-0.4, -0.2) is 24.3 Å². The number of hydrogen-bond donors (Lipinski definition) is 1. The summed E-state index contributed by atoms with van der Waals surface area (Å²) in [6, 6.07) is 3.49. The number of carboxylic acid groups (broad SMARTS) is 1. The predicted molar refractivity (Wildman–Crippen MR) is 81.4 cm³/mol. The lowest BCUT2D eigenvalue weighted by molar-refractivity contribution is -0.141. The summed E-state index contributed by atoms with van der Waals surface area (Å²) in [6.07, 6.45) is 4.85. The van der Waals surface area contributed by atoms with Crippen LogP contribution in [0, 0.1) is 5.92 Å². The molecule has 1 atom stereocenters. The molecule has 0 aliphatic heterocycles. The fourth-order valence-corrected chi connectivity index (χ4v) is 2.85. The van der Waals surface area contributed by atoms with Crippen LogP contribution in [0.3, 0.4) is 0 Å². The van der Waals surface area contributed by atoms with Crippen LogP contribution in [0.4, 0.5) is 0 Å². The largest absolute Gasteiger partial charge is 0.493 e. The minimum atomic E-state index is -0.847. The highest BCUT2D eigenvalue weighted by Gasteiger charge is 2.24. The quantitative estimate of drug-likeness (QED) is 0.864. The van der Waals surface area contributed by atoms with E-state index in [0.29, 0.717) is 22.9 Å². The second-order valence-corrected chi connectivity index (χ2v) is 5.93. The summed E-state index contributed by atoms with van der Waals surface area (Å²) >= 11 is 6.26. The number of carboxylic acids is 1. The summed E-state index contributed by atoms with van der Waals surface area (Å²) in [6.45, 7) is 1.66. The fraction of sp³-hybridized carbons (Fsp3) is 0.562. The first-order valence-corrected chi connectivity index (χ1v) is 7.65. The zero-order chi connectivity index (χ0) is 15.4. The maximum atomic E-state index is 11.1. The third-order valence-electron chi connectivity index (χ3n) is 3.91. The molecule has 0 heterocycles. The number of hydrogen-bond acceptors (Lipinski definition) is 3. The van der Waals surface area contributed by atoms with E-state index in [1.807, 2.05) is 0 Å². The zero-order valence-corrected chi connectivity index (χ0v) is 13.2. The topological polar surface area (TPSA) is 55.8 Å². The molecule has 1 aliphatic rings. The SMILES string of the molecule is COc1ccc(Cl)c(CC(C)C(=O)O)c1OC1CCCC1. The Balaban J connectivity index is 2.32. The Kier molecular flexibility index (Phi) is 5.34. The highest BCUT2D eigenvalue weighted by atomic mass is 35.5. The van der Waals surface area contributed by atoms with Gasteiger partial charge in [-0.15, -0.1) is 0 Å². The maximum Gasteiger partial charge on any atom is 0.306 e. The molecule has 116 valence electrons. The van der Waals surface area contributed by atoms with Crippen LogP contribution in [0.25, 0.3) is 0 Å². The summed E-state index contributed by atoms with van der Waals surface area (Å²) < 4.78 is 11.4. The van der Waals surface area contributed by atoms with Crippen molar-refractivity contribution in [2.75, 3.05) is 7.11 Å². The summed E-state index contributed by atoms with van der Waals surface area (Å²) in [7, 11) is 1.58. The van der Waals surface area contributed by atoms with Crippen molar-refractivity contribution in [1.29, 1.82) is 0 Å². The molecule has 4 nitrogen and oxygen atoms in total. The van der Waals surface area contributed by atoms with Crippen LogP contribution >= 0.6 is 11.6 Å². The smallest absolute Gasteiger partial charge is 0.306 e. The molecule has 21 heavy (non-hydrogen) atoms. The normalized spacial score (nSPS) is 16.7. The van der Waals surface area contributed by atoms with Gasteiger partial charge < -0.3 is 14.6 Å². The predicted octanol–water partition coefficient (Wildman–Crippen LogP) is 3.93. The van der Waals surface area contributed by atoms with Crippen LogP contribution in [0.5, 0.6) is 11.5 Å². The van der Waals surface area contributed by atoms with Gasteiger partial charge in [0.2, 0.25) is 0 Å². The lowest BCUT2D eigenvalue weighted by Gasteiger charge is -2.21. The summed E-state index contributed by atoms with van der Waals surface area (Å²) in [5, 5.41) is 9.65. The van der Waals surface area contributed by atoms with Crippen molar-refractivity contribution < 1.29 is 19.4 Å². The Morgan fingerprint density at radius 3 is 2.67 bits per heavy atom. The standard InChI is InChI=1S/C16H21ClO4/c1-10(16(18)19)9-12-13(17)7-8-14(20-2)15(12)21-11-5-3-4-6-11/h7-8,10-11H,3-6,9H2,1-2H3,(H,18,19). The van der Waals surface area contributed by atoms with Gasteiger partial charge in [-0.05, 0) is 44.2 Å². The monoisotopic (exact) mass is 312 g/mol. The molecule has 1 fully saturated rings. The average Bonchev–Trinajstić information content (AvgIpc) is 2.95. The van der Waals surface area contributed by atoms with Crippen molar-refractivity contribution in [2.24, 2.45) is 5.92 Å². The van der Waals surface area contributed by atoms with Crippen molar-refractivity contribution >= 4 is 17.6 Å². The van der Waals surface area contributed by atoms with Crippen LogP contribution in [0.2, 0.25) is 5.02 Å². The van der Waals surface area contributed by atoms with Crippen molar-refractivity contribution in [2.45, 2.75) is 45.1 Å². The van der Waals surface area contributed by atoms with Crippen molar-refractivity contribution in [3.05, 3.63) is 22.7 Å². The summed E-state index contributed by atoms with van der Waals surface area (Å²) in [5.41, 5.74) is 0.720. The Morgan fingerprint density at radius 1 is 1.43 bits per heavy atom. The van der Waals surface area contributed by atoms with Crippen LogP contribution in [0.15, 0.2) is 12.1 Å². The highest BCUT2D eigenvalue weighted by molar-refractivity contribution is 6.31. The molecule has 0 radical (unpaired) electrons. The van der Waals surface area contributed by atoms with E-state index in [1.54, 1.807) is 26.2 Å². The van der Waals surface area contributed by atoms with E-state index >= 15 is 0 Å². The van der Waals surface area contributed by atoms with Crippen molar-refractivity contribution in [3.63, 3.8) is 0 Å². The fourth-order valence-electron chi connectivity index (χ4n) is 2.63. The first kappa shape index (κ1) is 16.0. The molecule has 0 spiro atoms. The Labute approximate surface area is 130 Å². The van der Waals surface area contributed by atoms with E-state index in [1.165, 1.54) is 0 Å². The van der Waals surface area contributed by atoms with Gasteiger partial charge in [0.25, 0.3) is 0 Å². The number of benzene rings is 1. The molecule has 1 aromatic rings. The molecule has 1 saturated carbocycles. The van der Waals surface area contributed by atoms with Gasteiger partial charge in [-0.25, -0.2) is 0 Å². The molecule has 0 aromatic heterocycles. The molecule has 0 amide bonds. The van der Waals surface area contributed by atoms with Gasteiger partial charge in [-0.1, -0.05) is 18.5 Å². The minimum Gasteiger partial charge on any atom is -0.493 e. The first-order valence-electron chi connectivity index (χ1n) is 7.27. The summed E-state index contributed by atoms with van der Waals surface area (Å²) in [5.74, 6) is -0.162. The lowest BCUT2D eigenvalue weighted by atomic mass is 10.00. The van der Waals surface area contributed by atoms with E-state index in [0.717, 1.165) is 31.2 Å². The van der Waals surface area contributed by atoms with Gasteiger partial charge in [-0.2, -0.15) is 0 Å². The van der Waals surface area contributed by atoms with Crippen LogP contribution in [-0.2, 0) is 11.2 Å². The number of halogens is 1. The molecule has 5 heteroatoms. The minimum absolute atomic E-state index is 0.163. The molecule has 0 bridgehead atoms. The van der Waals surface area contributed by atoms with Crippen molar-refractivity contribution in [1.82, 2.24) is 0 Å². The Hall–Kier alpha value is -1.42. The Bertz CT molecular complexity index is 509. The Morgan fingerprint density at radius 2 is 2.10 bits per heavy atom. The van der Waals surface area contributed by atoms with Gasteiger partial charge in [0.15, 0.2) is 11.5 Å². The number of ether oxygens (including phenoxy) is 2. The second kappa shape index (κ2) is 7.03. The third kappa shape index (κ3) is 3.82. The molecule has 1 aromatic carbocycles. The molecule has 1 aliphatic carbocycles. The van der Waals surface area contributed by atoms with E-state index in [-0.39, 0.29) is 6.10 Å². The number of aliphatic carboxylic acids is 1. The maximum absolute atomic E-state index is 11.1. The molecule has 0 saturated heterocycles. The van der Waals surface area contributed by atoms with Crippen LogP contribution < -0.4 is 9.47 Å². The third-order valence-corrected chi connectivity index (χ3v) is 4.26. The molecular formula is C16H21ClO4. The van der Waals surface area contributed by atoms with E-state index in [2.05, 4.69) is 0 Å². The van der Waals surface area contributed by atoms with Gasteiger partial charge in [0.1, 0.15) is 0 Å². The van der Waals surface area contributed by atoms with Crippen molar-refractivity contribution in [3.8, 4) is 11.5 Å². The molecule has 2 rings (SSSR count). The van der Waals surface area contributed by atoms with Crippen LogP contribution in [0.1, 0.15) is 38.2 Å². The number of carbonyl (C=O) groups is 1.